The summed E-state index contributed by atoms with van der Waals surface area (Å²) in [6.45, 7) is 0. The summed E-state index contributed by atoms with van der Waals surface area (Å²) in [6, 6.07) is 15.1. The molecule has 8 nitrogen and oxygen atoms in total. The summed E-state index contributed by atoms with van der Waals surface area (Å²) in [4.78, 5) is 32.2. The Labute approximate surface area is 157 Å². The van der Waals surface area contributed by atoms with Crippen LogP contribution in [0.4, 0.5) is 0 Å². The fourth-order valence-corrected chi connectivity index (χ4v) is 3.16. The number of aromatic nitrogens is 3. The van der Waals surface area contributed by atoms with Crippen molar-refractivity contribution in [3.05, 3.63) is 71.5 Å². The Hall–Kier alpha value is -4.20. The fourth-order valence-electron chi connectivity index (χ4n) is 3.16. The van der Waals surface area contributed by atoms with E-state index in [1.54, 1.807) is 12.3 Å². The molecule has 5 aromatic rings. The summed E-state index contributed by atoms with van der Waals surface area (Å²) in [6.07, 6.45) is 3.18. The van der Waals surface area contributed by atoms with Crippen LogP contribution in [0.5, 0.6) is 0 Å². The summed E-state index contributed by atoms with van der Waals surface area (Å²) >= 11 is 0. The van der Waals surface area contributed by atoms with Crippen LogP contribution >= 0.6 is 0 Å². The first-order valence-electron chi connectivity index (χ1n) is 8.40. The van der Waals surface area contributed by atoms with Gasteiger partial charge in [-0.15, -0.1) is 0 Å². The molecule has 0 unspecified atom stereocenters. The highest BCUT2D eigenvalue weighted by Crippen LogP contribution is 2.36. The van der Waals surface area contributed by atoms with Gasteiger partial charge in [-0.05, 0) is 18.2 Å². The number of pyridine rings is 1. The molecule has 4 heterocycles. The minimum absolute atomic E-state index is 0.00244. The number of carbonyl (C=O) groups excluding carboxylic acids is 1. The average Bonchev–Trinajstić information content (AvgIpc) is 3.38. The molecule has 136 valence electrons. The Balaban J connectivity index is 1.88. The smallest absolute Gasteiger partial charge is 0.315 e. The molecule has 1 N–H and O–H groups in total. The number of amides is 1. The molecule has 1 aromatic carbocycles. The van der Waals surface area contributed by atoms with Gasteiger partial charge < -0.3 is 8.83 Å². The lowest BCUT2D eigenvalue weighted by Crippen LogP contribution is -2.27. The third-order valence-electron chi connectivity index (χ3n) is 4.40. The lowest BCUT2D eigenvalue weighted by Gasteiger charge is -2.05. The van der Waals surface area contributed by atoms with Gasteiger partial charge >= 0.3 is 5.56 Å². The minimum atomic E-state index is -0.540. The van der Waals surface area contributed by atoms with Gasteiger partial charge in [-0.1, -0.05) is 30.3 Å². The lowest BCUT2D eigenvalue weighted by molar-refractivity contribution is -0.106. The molecule has 8 heteroatoms. The molecule has 0 aliphatic heterocycles. The number of benzene rings is 1. The molecule has 0 spiro atoms. The Kier molecular flexibility index (Phi) is 3.55. The van der Waals surface area contributed by atoms with Gasteiger partial charge in [0.1, 0.15) is 17.6 Å². The number of carbonyl (C=O) groups is 1. The highest BCUT2D eigenvalue weighted by atomic mass is 16.3. The van der Waals surface area contributed by atoms with Crippen molar-refractivity contribution in [1.29, 1.82) is 0 Å². The van der Waals surface area contributed by atoms with Crippen LogP contribution in [0.15, 0.2) is 74.8 Å². The zero-order valence-corrected chi connectivity index (χ0v) is 14.3. The summed E-state index contributed by atoms with van der Waals surface area (Å²) in [5.41, 5.74) is 4.60. The third-order valence-corrected chi connectivity index (χ3v) is 4.40. The molecule has 5 rings (SSSR count). The molecule has 0 fully saturated rings. The zero-order valence-electron chi connectivity index (χ0n) is 14.3. The predicted molar refractivity (Wildman–Crippen MR) is 102 cm³/mol. The third kappa shape index (κ3) is 2.39. The van der Waals surface area contributed by atoms with Crippen molar-refractivity contribution in [2.24, 2.45) is 0 Å². The Morgan fingerprint density at radius 3 is 2.71 bits per heavy atom. The predicted octanol–water partition coefficient (Wildman–Crippen LogP) is 3.16. The van der Waals surface area contributed by atoms with Crippen LogP contribution < -0.4 is 11.0 Å². The minimum Gasteiger partial charge on any atom is -0.464 e. The number of hydrogen-bond acceptors (Lipinski definition) is 6. The van der Waals surface area contributed by atoms with Gasteiger partial charge in [-0.3, -0.25) is 15.0 Å². The molecular weight excluding hydrogens is 360 g/mol. The van der Waals surface area contributed by atoms with E-state index < -0.39 is 5.56 Å². The molecule has 4 aromatic heterocycles. The first-order chi connectivity index (χ1) is 13.8. The first-order valence-corrected chi connectivity index (χ1v) is 8.40. The van der Waals surface area contributed by atoms with E-state index in [9.17, 15) is 9.59 Å². The Morgan fingerprint density at radius 2 is 1.96 bits per heavy atom. The van der Waals surface area contributed by atoms with Crippen LogP contribution in [0.1, 0.15) is 0 Å². The van der Waals surface area contributed by atoms with Gasteiger partial charge in [0.25, 0.3) is 0 Å². The van der Waals surface area contributed by atoms with Gasteiger partial charge in [0, 0.05) is 11.1 Å². The maximum Gasteiger partial charge on any atom is 0.315 e. The zero-order chi connectivity index (χ0) is 19.1. The SMILES string of the molecule is O=CNn1cnc2c(oc3nc(-c4ccccc4)cc(-c4ccco4)c32)c1=O. The van der Waals surface area contributed by atoms with Crippen molar-refractivity contribution >= 4 is 28.6 Å². The van der Waals surface area contributed by atoms with E-state index in [1.165, 1.54) is 6.33 Å². The number of nitrogens with one attached hydrogen (secondary N) is 1. The number of rotatable bonds is 4. The first kappa shape index (κ1) is 16.0. The summed E-state index contributed by atoms with van der Waals surface area (Å²) in [5, 5.41) is 0.569. The second-order valence-electron chi connectivity index (χ2n) is 6.03. The second kappa shape index (κ2) is 6.20. The maximum absolute atomic E-state index is 12.6. The molecule has 0 saturated heterocycles. The van der Waals surface area contributed by atoms with Crippen LogP contribution in [0.2, 0.25) is 0 Å². The monoisotopic (exact) mass is 372 g/mol. The van der Waals surface area contributed by atoms with Gasteiger partial charge in [0.2, 0.25) is 17.7 Å². The molecule has 0 atom stereocenters. The van der Waals surface area contributed by atoms with Crippen molar-refractivity contribution in [3.8, 4) is 22.6 Å². The number of hydrogen-bond donors (Lipinski definition) is 1. The van der Waals surface area contributed by atoms with E-state index in [-0.39, 0.29) is 11.3 Å². The van der Waals surface area contributed by atoms with Crippen LogP contribution in [-0.2, 0) is 4.79 Å². The van der Waals surface area contributed by atoms with Gasteiger partial charge in [0.15, 0.2) is 0 Å². The normalized spacial score (nSPS) is 11.1. The molecule has 0 saturated carbocycles. The van der Waals surface area contributed by atoms with E-state index in [1.807, 2.05) is 42.5 Å². The molecule has 28 heavy (non-hydrogen) atoms. The molecule has 1 amide bonds. The quantitative estimate of drug-likeness (QED) is 0.486. The summed E-state index contributed by atoms with van der Waals surface area (Å²) in [7, 11) is 0. The highest BCUT2D eigenvalue weighted by Gasteiger charge is 2.21. The van der Waals surface area contributed by atoms with Crippen LogP contribution in [-0.4, -0.2) is 21.1 Å². The highest BCUT2D eigenvalue weighted by molar-refractivity contribution is 6.09. The number of nitrogens with zero attached hydrogens (tertiary/aromatic N) is 3. The van der Waals surface area contributed by atoms with Crippen molar-refractivity contribution in [2.75, 3.05) is 5.43 Å². The van der Waals surface area contributed by atoms with E-state index in [0.717, 1.165) is 10.2 Å². The van der Waals surface area contributed by atoms with E-state index in [0.29, 0.717) is 34.3 Å². The van der Waals surface area contributed by atoms with Crippen molar-refractivity contribution in [1.82, 2.24) is 14.6 Å². The van der Waals surface area contributed by atoms with Crippen LogP contribution in [0, 0.1) is 0 Å². The van der Waals surface area contributed by atoms with Crippen molar-refractivity contribution < 1.29 is 13.6 Å². The van der Waals surface area contributed by atoms with E-state index in [2.05, 4.69) is 15.4 Å². The largest absolute Gasteiger partial charge is 0.464 e. The van der Waals surface area contributed by atoms with Gasteiger partial charge in [-0.25, -0.2) is 14.6 Å². The molecule has 0 aliphatic carbocycles. The second-order valence-corrected chi connectivity index (χ2v) is 6.03. The van der Waals surface area contributed by atoms with E-state index >= 15 is 0 Å². The number of furan rings is 2. The summed E-state index contributed by atoms with van der Waals surface area (Å²) < 4.78 is 12.3. The van der Waals surface area contributed by atoms with Crippen LogP contribution in [0.25, 0.3) is 44.8 Å². The topological polar surface area (TPSA) is 103 Å². The molecule has 0 aliphatic rings. The molecular formula is C20H12N4O4. The van der Waals surface area contributed by atoms with E-state index in [4.69, 9.17) is 8.83 Å². The van der Waals surface area contributed by atoms with Gasteiger partial charge in [0.05, 0.1) is 17.3 Å². The molecule has 0 radical (unpaired) electrons. The standard InChI is InChI=1S/C20H12N4O4/c25-11-22-24-10-21-17-16-13(15-7-4-8-27-15)9-14(12-5-2-1-3-6-12)23-19(16)28-18(17)20(24)26/h1-11H,(H,22,25). The van der Waals surface area contributed by atoms with Crippen molar-refractivity contribution in [3.63, 3.8) is 0 Å². The Bertz CT molecular complexity index is 1370. The van der Waals surface area contributed by atoms with Gasteiger partial charge in [-0.2, -0.15) is 0 Å². The summed E-state index contributed by atoms with van der Waals surface area (Å²) in [5.74, 6) is 0.601. The van der Waals surface area contributed by atoms with Crippen LogP contribution in [0.3, 0.4) is 0 Å². The fraction of sp³-hybridized carbons (Fsp3) is 0. The lowest BCUT2D eigenvalue weighted by atomic mass is 10.0. The van der Waals surface area contributed by atoms with Crippen molar-refractivity contribution in [2.45, 2.75) is 0 Å². The average molecular weight is 372 g/mol. The molecule has 0 bridgehead atoms. The maximum atomic E-state index is 12.6. The Morgan fingerprint density at radius 1 is 1.11 bits per heavy atom. The number of fused-ring (bicyclic) bond motifs is 3.